The molecule has 0 amide bonds. The van der Waals surface area contributed by atoms with Crippen LogP contribution in [0.25, 0.3) is 0 Å². The Kier molecular flexibility index (Phi) is 3.88. The molecule has 2 heterocycles. The van der Waals surface area contributed by atoms with Gasteiger partial charge in [-0.25, -0.2) is 14.8 Å². The fourth-order valence-corrected chi connectivity index (χ4v) is 2.30. The van der Waals surface area contributed by atoms with Crippen LogP contribution in [0.15, 0.2) is 6.33 Å². The third-order valence-corrected chi connectivity index (χ3v) is 3.43. The highest BCUT2D eigenvalue weighted by molar-refractivity contribution is 7.17. The van der Waals surface area contributed by atoms with Crippen molar-refractivity contribution in [3.8, 4) is 0 Å². The van der Waals surface area contributed by atoms with Gasteiger partial charge in [-0.05, 0) is 13.3 Å². The van der Waals surface area contributed by atoms with Gasteiger partial charge in [0.15, 0.2) is 5.13 Å². The molecule has 96 valence electrons. The molecule has 0 radical (unpaired) electrons. The lowest BCUT2D eigenvalue weighted by Gasteiger charge is -2.00. The van der Waals surface area contributed by atoms with Gasteiger partial charge in [-0.1, -0.05) is 11.3 Å². The number of carboxylic acid groups (broad SMARTS) is 1. The molecule has 0 aliphatic heterocycles. The second-order valence-corrected chi connectivity index (χ2v) is 4.70. The predicted molar refractivity (Wildman–Crippen MR) is 67.0 cm³/mol. The number of H-pyrrole nitrogens is 1. The van der Waals surface area contributed by atoms with E-state index in [1.807, 2.05) is 0 Å². The zero-order valence-electron chi connectivity index (χ0n) is 9.80. The molecule has 2 rings (SSSR count). The summed E-state index contributed by atoms with van der Waals surface area (Å²) in [6.45, 7) is 2.41. The highest BCUT2D eigenvalue weighted by Crippen LogP contribution is 2.22. The van der Waals surface area contributed by atoms with Gasteiger partial charge in [-0.15, -0.1) is 0 Å². The van der Waals surface area contributed by atoms with Gasteiger partial charge in [-0.3, -0.25) is 5.10 Å². The molecule has 0 aromatic carbocycles. The molecule has 0 saturated heterocycles. The summed E-state index contributed by atoms with van der Waals surface area (Å²) >= 11 is 1.16. The molecular weight excluding hydrogens is 254 g/mol. The number of rotatable bonds is 6. The minimum absolute atomic E-state index is 0.285. The van der Waals surface area contributed by atoms with Crippen LogP contribution in [-0.4, -0.2) is 37.8 Å². The Labute approximate surface area is 107 Å². The Hall–Kier alpha value is -1.96. The quantitative estimate of drug-likeness (QED) is 0.682. The average Bonchev–Trinajstić information content (AvgIpc) is 2.94. The topological polar surface area (TPSA) is 104 Å². The molecule has 0 fully saturated rings. The lowest BCUT2D eigenvalue weighted by Crippen LogP contribution is -2.03. The van der Waals surface area contributed by atoms with E-state index < -0.39 is 5.97 Å². The largest absolute Gasteiger partial charge is 0.477 e. The van der Waals surface area contributed by atoms with Crippen LogP contribution in [0.4, 0.5) is 5.13 Å². The maximum absolute atomic E-state index is 10.8. The van der Waals surface area contributed by atoms with E-state index in [9.17, 15) is 4.79 Å². The summed E-state index contributed by atoms with van der Waals surface area (Å²) in [5, 5.41) is 19.2. The second kappa shape index (κ2) is 5.58. The van der Waals surface area contributed by atoms with Crippen molar-refractivity contribution in [2.24, 2.45) is 0 Å². The Balaban J connectivity index is 1.80. The first-order chi connectivity index (χ1) is 8.66. The minimum atomic E-state index is -0.931. The number of aryl methyl sites for hydroxylation is 2. The summed E-state index contributed by atoms with van der Waals surface area (Å²) in [6.07, 6.45) is 3.14. The van der Waals surface area contributed by atoms with Gasteiger partial charge in [-0.2, -0.15) is 5.10 Å². The van der Waals surface area contributed by atoms with Crippen LogP contribution >= 0.6 is 11.3 Å². The van der Waals surface area contributed by atoms with Crippen LogP contribution in [0.2, 0.25) is 0 Å². The SMILES string of the molecule is Cc1nc(NCCCc2ncn[nH]2)sc1C(=O)O. The number of aromatic nitrogens is 4. The summed E-state index contributed by atoms with van der Waals surface area (Å²) in [7, 11) is 0. The number of carboxylic acids is 1. The van der Waals surface area contributed by atoms with Crippen molar-refractivity contribution in [3.05, 3.63) is 22.7 Å². The second-order valence-electron chi connectivity index (χ2n) is 3.70. The number of hydrogen-bond acceptors (Lipinski definition) is 6. The van der Waals surface area contributed by atoms with Crippen LogP contribution in [0.1, 0.15) is 27.6 Å². The summed E-state index contributed by atoms with van der Waals surface area (Å²) in [4.78, 5) is 19.3. The molecule has 0 bridgehead atoms. The summed E-state index contributed by atoms with van der Waals surface area (Å²) in [5.74, 6) is -0.0851. The van der Waals surface area contributed by atoms with Crippen LogP contribution in [0.5, 0.6) is 0 Å². The number of aromatic amines is 1. The van der Waals surface area contributed by atoms with E-state index in [1.165, 1.54) is 6.33 Å². The Morgan fingerprint density at radius 3 is 3.06 bits per heavy atom. The Bertz CT molecular complexity index is 522. The third kappa shape index (κ3) is 3.04. The molecule has 7 nitrogen and oxygen atoms in total. The summed E-state index contributed by atoms with van der Waals surface area (Å²) in [5.41, 5.74) is 0.547. The number of thiazole rings is 1. The first-order valence-electron chi connectivity index (χ1n) is 5.45. The maximum atomic E-state index is 10.8. The first kappa shape index (κ1) is 12.5. The van der Waals surface area contributed by atoms with Crippen LogP contribution < -0.4 is 5.32 Å². The van der Waals surface area contributed by atoms with Crippen LogP contribution in [0.3, 0.4) is 0 Å². The minimum Gasteiger partial charge on any atom is -0.477 e. The van der Waals surface area contributed by atoms with Gasteiger partial charge in [0.05, 0.1) is 5.69 Å². The number of hydrogen-bond donors (Lipinski definition) is 3. The Morgan fingerprint density at radius 2 is 2.44 bits per heavy atom. The first-order valence-corrected chi connectivity index (χ1v) is 6.27. The fraction of sp³-hybridized carbons (Fsp3) is 0.400. The zero-order chi connectivity index (χ0) is 13.0. The maximum Gasteiger partial charge on any atom is 0.347 e. The molecule has 0 unspecified atom stereocenters. The fourth-order valence-electron chi connectivity index (χ4n) is 1.47. The monoisotopic (exact) mass is 267 g/mol. The van der Waals surface area contributed by atoms with Gasteiger partial charge >= 0.3 is 5.97 Å². The average molecular weight is 267 g/mol. The van der Waals surface area contributed by atoms with Gasteiger partial charge < -0.3 is 10.4 Å². The number of nitrogens with zero attached hydrogens (tertiary/aromatic N) is 3. The van der Waals surface area contributed by atoms with Gasteiger partial charge in [0.1, 0.15) is 17.0 Å². The third-order valence-electron chi connectivity index (χ3n) is 2.32. The molecule has 18 heavy (non-hydrogen) atoms. The molecule has 0 saturated carbocycles. The highest BCUT2D eigenvalue weighted by Gasteiger charge is 2.13. The van der Waals surface area contributed by atoms with E-state index in [2.05, 4.69) is 25.5 Å². The Morgan fingerprint density at radius 1 is 1.61 bits per heavy atom. The van der Waals surface area contributed by atoms with E-state index in [-0.39, 0.29) is 4.88 Å². The van der Waals surface area contributed by atoms with E-state index in [1.54, 1.807) is 6.92 Å². The van der Waals surface area contributed by atoms with Crippen LogP contribution in [-0.2, 0) is 6.42 Å². The van der Waals surface area contributed by atoms with Crippen molar-refractivity contribution < 1.29 is 9.90 Å². The molecule has 3 N–H and O–H groups in total. The van der Waals surface area contributed by atoms with E-state index in [0.717, 1.165) is 30.0 Å². The number of aromatic carboxylic acids is 1. The zero-order valence-corrected chi connectivity index (χ0v) is 10.6. The van der Waals surface area contributed by atoms with Crippen molar-refractivity contribution >= 4 is 22.4 Å². The van der Waals surface area contributed by atoms with Gasteiger partial charge in [0.25, 0.3) is 0 Å². The highest BCUT2D eigenvalue weighted by atomic mass is 32.1. The van der Waals surface area contributed by atoms with E-state index in [4.69, 9.17) is 5.11 Å². The molecule has 2 aromatic heterocycles. The molecule has 0 aliphatic carbocycles. The molecule has 0 aliphatic rings. The van der Waals surface area contributed by atoms with Gasteiger partial charge in [0.2, 0.25) is 0 Å². The molecule has 0 atom stereocenters. The van der Waals surface area contributed by atoms with Crippen molar-refractivity contribution in [1.29, 1.82) is 0 Å². The van der Waals surface area contributed by atoms with Crippen molar-refractivity contribution in [2.45, 2.75) is 19.8 Å². The van der Waals surface area contributed by atoms with E-state index >= 15 is 0 Å². The predicted octanol–water partition coefficient (Wildman–Crippen LogP) is 1.31. The lowest BCUT2D eigenvalue weighted by molar-refractivity contribution is 0.0701. The van der Waals surface area contributed by atoms with Gasteiger partial charge in [0, 0.05) is 13.0 Å². The summed E-state index contributed by atoms with van der Waals surface area (Å²) in [6, 6.07) is 0. The molecular formula is C10H13N5O2S. The standard InChI is InChI=1S/C10H13N5O2S/c1-6-8(9(16)17)18-10(14-6)11-4-2-3-7-12-5-13-15-7/h5H,2-4H2,1H3,(H,11,14)(H,16,17)(H,12,13,15). The van der Waals surface area contributed by atoms with E-state index in [0.29, 0.717) is 17.4 Å². The lowest BCUT2D eigenvalue weighted by atomic mass is 10.3. The molecule has 2 aromatic rings. The molecule has 0 spiro atoms. The van der Waals surface area contributed by atoms with Crippen molar-refractivity contribution in [3.63, 3.8) is 0 Å². The normalized spacial score (nSPS) is 10.5. The molecule has 8 heteroatoms. The number of nitrogens with one attached hydrogen (secondary N) is 2. The van der Waals surface area contributed by atoms with Crippen LogP contribution in [0, 0.1) is 6.92 Å². The number of anilines is 1. The summed E-state index contributed by atoms with van der Waals surface area (Å²) < 4.78 is 0. The van der Waals surface area contributed by atoms with Crippen molar-refractivity contribution in [1.82, 2.24) is 20.2 Å². The number of carbonyl (C=O) groups is 1. The van der Waals surface area contributed by atoms with Crippen molar-refractivity contribution in [2.75, 3.05) is 11.9 Å². The smallest absolute Gasteiger partial charge is 0.347 e.